The van der Waals surface area contributed by atoms with Crippen molar-refractivity contribution < 1.29 is 4.42 Å². The highest BCUT2D eigenvalue weighted by Crippen LogP contribution is 2.38. The topological polar surface area (TPSA) is 78.6 Å². The quantitative estimate of drug-likeness (QED) is 0.221. The molecule has 218 valence electrons. The number of nitriles is 1. The first-order valence-corrected chi connectivity index (χ1v) is 15.4. The van der Waals surface area contributed by atoms with Gasteiger partial charge in [0, 0.05) is 38.7 Å². The van der Waals surface area contributed by atoms with Gasteiger partial charge in [0.25, 0.3) is 0 Å². The predicted octanol–water partition coefficient (Wildman–Crippen LogP) is 9.13. The zero-order chi connectivity index (χ0) is 30.6. The number of rotatable bonds is 4. The number of aromatic nitrogens is 1. The van der Waals surface area contributed by atoms with E-state index in [0.717, 1.165) is 73.3 Å². The molecule has 0 radical (unpaired) electrons. The maximum absolute atomic E-state index is 9.51. The van der Waals surface area contributed by atoms with Crippen LogP contribution in [-0.2, 0) is 0 Å². The van der Waals surface area contributed by atoms with Gasteiger partial charge in [-0.3, -0.25) is 0 Å². The Kier molecular flexibility index (Phi) is 5.97. The van der Waals surface area contributed by atoms with Crippen molar-refractivity contribution in [2.45, 2.75) is 12.6 Å². The zero-order valence-corrected chi connectivity index (χ0v) is 24.8. The van der Waals surface area contributed by atoms with Crippen molar-refractivity contribution in [3.05, 3.63) is 150 Å². The molecule has 0 saturated carbocycles. The van der Waals surface area contributed by atoms with Gasteiger partial charge in [-0.1, -0.05) is 72.8 Å². The summed E-state index contributed by atoms with van der Waals surface area (Å²) in [7, 11) is 0. The van der Waals surface area contributed by atoms with Crippen molar-refractivity contribution >= 4 is 55.4 Å². The fourth-order valence-electron chi connectivity index (χ4n) is 6.74. The molecule has 1 aliphatic heterocycles. The van der Waals surface area contributed by atoms with Crippen LogP contribution in [0.5, 0.6) is 0 Å². The number of fused-ring (bicyclic) bond motifs is 6. The average molecular weight is 594 g/mol. The first kappa shape index (κ1) is 26.2. The minimum atomic E-state index is -0.442. The van der Waals surface area contributed by atoms with Gasteiger partial charge in [-0.05, 0) is 72.6 Å². The van der Waals surface area contributed by atoms with Gasteiger partial charge in [-0.2, -0.15) is 5.26 Å². The van der Waals surface area contributed by atoms with Crippen molar-refractivity contribution in [1.82, 2.24) is 9.88 Å². The van der Waals surface area contributed by atoms with E-state index in [9.17, 15) is 5.26 Å². The van der Waals surface area contributed by atoms with Gasteiger partial charge in [-0.25, -0.2) is 9.98 Å². The molecular formula is C40H27N5O. The van der Waals surface area contributed by atoms with Gasteiger partial charge in [0.2, 0.25) is 0 Å². The molecule has 0 fully saturated rings. The SMILES string of the molecule is N#Cc1cccc(C2N=C(c3ccc(-n4c5ccccc5c5cc6oc7ccccc7c6cc54)cc3)NC(C3C=CC=CC3)=N2)c1. The van der Waals surface area contributed by atoms with E-state index in [-0.39, 0.29) is 5.92 Å². The maximum Gasteiger partial charge on any atom is 0.169 e. The van der Waals surface area contributed by atoms with E-state index >= 15 is 0 Å². The number of amidine groups is 2. The van der Waals surface area contributed by atoms with Crippen LogP contribution in [-0.4, -0.2) is 16.2 Å². The Morgan fingerprint density at radius 1 is 0.739 bits per heavy atom. The first-order chi connectivity index (χ1) is 22.7. The number of aliphatic imine (C=N–C) groups is 2. The van der Waals surface area contributed by atoms with E-state index in [1.54, 1.807) is 0 Å². The summed E-state index contributed by atoms with van der Waals surface area (Å²) in [5.41, 5.74) is 7.58. The molecule has 46 heavy (non-hydrogen) atoms. The molecule has 0 bridgehead atoms. The lowest BCUT2D eigenvalue weighted by molar-refractivity contribution is 0.669. The van der Waals surface area contributed by atoms with Crippen molar-refractivity contribution in [2.24, 2.45) is 15.9 Å². The molecule has 2 aliphatic rings. The minimum Gasteiger partial charge on any atom is -0.456 e. The maximum atomic E-state index is 9.51. The molecule has 2 aromatic heterocycles. The molecule has 6 nitrogen and oxygen atoms in total. The predicted molar refractivity (Wildman–Crippen MR) is 185 cm³/mol. The molecule has 9 rings (SSSR count). The van der Waals surface area contributed by atoms with Gasteiger partial charge >= 0.3 is 0 Å². The van der Waals surface area contributed by atoms with Crippen molar-refractivity contribution in [3.63, 3.8) is 0 Å². The van der Waals surface area contributed by atoms with Crippen LogP contribution in [0, 0.1) is 17.2 Å². The Hall–Kier alpha value is -6.19. The lowest BCUT2D eigenvalue weighted by Crippen LogP contribution is -2.39. The fourth-order valence-corrected chi connectivity index (χ4v) is 6.74. The second kappa shape index (κ2) is 10.5. The monoisotopic (exact) mass is 593 g/mol. The van der Waals surface area contributed by atoms with E-state index < -0.39 is 6.17 Å². The Bertz CT molecular complexity index is 2500. The standard InChI is InChI=1S/C40H27N5O/c41-24-25-9-8-12-28(21-25)40-43-38(26-10-2-1-3-11-26)42-39(44-40)27-17-19-29(20-18-27)45-34-15-6-4-13-30(34)32-23-37-33(22-35(32)45)31-14-5-7-16-36(31)46-37/h1-10,12-23,26,40H,11H2,(H,42,43,44). The van der Waals surface area contributed by atoms with Gasteiger partial charge in [-0.15, -0.1) is 0 Å². The second-order valence-electron chi connectivity index (χ2n) is 11.7. The smallest absolute Gasteiger partial charge is 0.169 e. The number of nitrogens with zero attached hydrogens (tertiary/aromatic N) is 4. The highest BCUT2D eigenvalue weighted by atomic mass is 16.3. The summed E-state index contributed by atoms with van der Waals surface area (Å²) < 4.78 is 8.58. The van der Waals surface area contributed by atoms with E-state index in [0.29, 0.717) is 5.56 Å². The number of para-hydroxylation sites is 2. The Labute approximate surface area is 264 Å². The van der Waals surface area contributed by atoms with Crippen LogP contribution in [0.15, 0.2) is 148 Å². The molecule has 0 amide bonds. The van der Waals surface area contributed by atoms with Crippen LogP contribution >= 0.6 is 0 Å². The van der Waals surface area contributed by atoms with Crippen LogP contribution in [0.25, 0.3) is 49.4 Å². The third kappa shape index (κ3) is 4.25. The van der Waals surface area contributed by atoms with Gasteiger partial charge in [0.05, 0.1) is 22.7 Å². The van der Waals surface area contributed by atoms with Crippen molar-refractivity contribution in [2.75, 3.05) is 0 Å². The highest BCUT2D eigenvalue weighted by molar-refractivity contribution is 6.17. The summed E-state index contributed by atoms with van der Waals surface area (Å²) in [6.07, 6.45) is 8.89. The van der Waals surface area contributed by atoms with Gasteiger partial charge < -0.3 is 14.3 Å². The van der Waals surface area contributed by atoms with E-state index in [4.69, 9.17) is 14.4 Å². The third-order valence-corrected chi connectivity index (χ3v) is 8.97. The number of allylic oxidation sites excluding steroid dienone is 3. The Morgan fingerprint density at radius 3 is 2.43 bits per heavy atom. The fraction of sp³-hybridized carbons (Fsp3) is 0.0750. The normalized spacial score (nSPS) is 17.7. The lowest BCUT2D eigenvalue weighted by atomic mass is 9.98. The molecule has 3 heterocycles. The molecule has 5 aromatic carbocycles. The molecule has 1 aliphatic carbocycles. The molecule has 2 unspecified atom stereocenters. The molecule has 0 saturated heterocycles. The van der Waals surface area contributed by atoms with E-state index in [1.807, 2.05) is 36.4 Å². The lowest BCUT2D eigenvalue weighted by Gasteiger charge is -2.26. The largest absolute Gasteiger partial charge is 0.456 e. The number of benzene rings is 5. The first-order valence-electron chi connectivity index (χ1n) is 15.4. The van der Waals surface area contributed by atoms with Crippen LogP contribution in [0.1, 0.15) is 29.3 Å². The summed E-state index contributed by atoms with van der Waals surface area (Å²) in [5.74, 6) is 1.77. The third-order valence-electron chi connectivity index (χ3n) is 8.97. The molecule has 7 aromatic rings. The number of hydrogen-bond donors (Lipinski definition) is 1. The average Bonchev–Trinajstić information content (AvgIpc) is 3.65. The molecule has 0 spiro atoms. The summed E-state index contributed by atoms with van der Waals surface area (Å²) in [6, 6.07) is 39.5. The Morgan fingerprint density at radius 2 is 1.59 bits per heavy atom. The summed E-state index contributed by atoms with van der Waals surface area (Å²) in [5, 5.41) is 17.6. The van der Waals surface area contributed by atoms with Gasteiger partial charge in [0.15, 0.2) is 6.17 Å². The minimum absolute atomic E-state index is 0.130. The molecule has 1 N–H and O–H groups in total. The molecule has 6 heteroatoms. The summed E-state index contributed by atoms with van der Waals surface area (Å²) >= 11 is 0. The van der Waals surface area contributed by atoms with Gasteiger partial charge in [0.1, 0.15) is 22.8 Å². The van der Waals surface area contributed by atoms with Crippen LogP contribution in [0.4, 0.5) is 0 Å². The molecule has 2 atom stereocenters. The van der Waals surface area contributed by atoms with Crippen molar-refractivity contribution in [3.8, 4) is 11.8 Å². The summed E-state index contributed by atoms with van der Waals surface area (Å²) in [6.45, 7) is 0. The number of nitrogens with one attached hydrogen (secondary N) is 1. The second-order valence-corrected chi connectivity index (χ2v) is 11.7. The number of hydrogen-bond acceptors (Lipinski definition) is 5. The highest BCUT2D eigenvalue weighted by Gasteiger charge is 2.24. The van der Waals surface area contributed by atoms with E-state index in [2.05, 4.69) is 113 Å². The van der Waals surface area contributed by atoms with E-state index in [1.165, 1.54) is 5.39 Å². The summed E-state index contributed by atoms with van der Waals surface area (Å²) in [4.78, 5) is 10.0. The zero-order valence-electron chi connectivity index (χ0n) is 24.8. The van der Waals surface area contributed by atoms with Crippen LogP contribution in [0.3, 0.4) is 0 Å². The molecular weight excluding hydrogens is 566 g/mol. The number of furan rings is 1. The Balaban J connectivity index is 1.15. The van der Waals surface area contributed by atoms with Crippen LogP contribution in [0.2, 0.25) is 0 Å². The van der Waals surface area contributed by atoms with Crippen LogP contribution < -0.4 is 5.32 Å². The van der Waals surface area contributed by atoms with Crippen molar-refractivity contribution in [1.29, 1.82) is 5.26 Å².